The average molecular weight is 685 g/mol. The van der Waals surface area contributed by atoms with Gasteiger partial charge in [-0.1, -0.05) is 32.4 Å². The minimum absolute atomic E-state index is 0.0821. The molecule has 3 fully saturated rings. The highest BCUT2D eigenvalue weighted by molar-refractivity contribution is 7.91. The van der Waals surface area contributed by atoms with Crippen LogP contribution in [0.15, 0.2) is 36.5 Å². The second kappa shape index (κ2) is 12.9. The molecule has 260 valence electrons. The lowest BCUT2D eigenvalue weighted by atomic mass is 9.88. The van der Waals surface area contributed by atoms with E-state index in [0.29, 0.717) is 29.5 Å². The first-order valence-corrected chi connectivity index (χ1v) is 18.4. The van der Waals surface area contributed by atoms with Gasteiger partial charge in [0.2, 0.25) is 27.7 Å². The molecule has 0 radical (unpaired) electrons. The van der Waals surface area contributed by atoms with Gasteiger partial charge in [0.15, 0.2) is 11.6 Å². The molecule has 4 aliphatic rings. The topological polar surface area (TPSA) is 144 Å². The van der Waals surface area contributed by atoms with Crippen molar-refractivity contribution in [3.05, 3.63) is 42.4 Å². The molecule has 6 atom stereocenters. The number of allylic oxidation sites excluding steroid dienone is 1. The number of nitrogens with one attached hydrogen (secondary N) is 2. The smallest absolute Gasteiger partial charge is 0.259 e. The van der Waals surface area contributed by atoms with E-state index in [1.54, 1.807) is 19.1 Å². The number of hydrogen-bond donors (Lipinski definition) is 2. The summed E-state index contributed by atoms with van der Waals surface area (Å²) in [4.78, 5) is 47.6. The van der Waals surface area contributed by atoms with E-state index in [9.17, 15) is 27.2 Å². The first-order valence-electron chi connectivity index (χ1n) is 16.9. The van der Waals surface area contributed by atoms with Gasteiger partial charge >= 0.3 is 0 Å². The molecule has 0 spiro atoms. The number of sulfonamides is 1. The van der Waals surface area contributed by atoms with Crippen molar-refractivity contribution in [2.45, 2.75) is 101 Å². The Morgan fingerprint density at radius 2 is 2.00 bits per heavy atom. The molecule has 1 aromatic heterocycles. The van der Waals surface area contributed by atoms with Crippen LogP contribution in [0.4, 0.5) is 4.39 Å². The Hall–Kier alpha value is -3.74. The highest BCUT2D eigenvalue weighted by Gasteiger charge is 2.63. The predicted molar refractivity (Wildman–Crippen MR) is 177 cm³/mol. The number of halogens is 1. The number of nitrogens with zero attached hydrogens (tertiary/aromatic N) is 2. The predicted octanol–water partition coefficient (Wildman–Crippen LogP) is 4.40. The van der Waals surface area contributed by atoms with E-state index >= 15 is 0 Å². The summed E-state index contributed by atoms with van der Waals surface area (Å²) in [6.45, 7) is 5.92. The third-order valence-corrected chi connectivity index (χ3v) is 12.9. The number of benzene rings is 1. The molecular weight excluding hydrogens is 639 g/mol. The molecule has 2 aromatic rings. The fourth-order valence-electron chi connectivity index (χ4n) is 7.11. The van der Waals surface area contributed by atoms with E-state index in [1.807, 2.05) is 12.2 Å². The van der Waals surface area contributed by atoms with Crippen LogP contribution in [0.1, 0.15) is 78.6 Å². The Kier molecular flexibility index (Phi) is 9.20. The Labute approximate surface area is 281 Å². The van der Waals surface area contributed by atoms with E-state index in [-0.39, 0.29) is 49.3 Å². The van der Waals surface area contributed by atoms with Crippen molar-refractivity contribution >= 4 is 38.5 Å². The molecule has 2 aliphatic carbocycles. The number of rotatable bonds is 7. The highest BCUT2D eigenvalue weighted by Crippen LogP contribution is 2.47. The molecule has 1 saturated heterocycles. The summed E-state index contributed by atoms with van der Waals surface area (Å²) in [5.41, 5.74) is -1.45. The van der Waals surface area contributed by atoms with E-state index < -0.39 is 56.0 Å². The molecule has 2 aliphatic heterocycles. The normalized spacial score (nSPS) is 31.0. The van der Waals surface area contributed by atoms with Crippen molar-refractivity contribution in [3.8, 4) is 11.6 Å². The largest absolute Gasteiger partial charge is 0.494 e. The van der Waals surface area contributed by atoms with Crippen LogP contribution in [0.25, 0.3) is 10.8 Å². The minimum Gasteiger partial charge on any atom is -0.494 e. The molecule has 2 N–H and O–H groups in total. The zero-order chi connectivity index (χ0) is 34.4. The first-order chi connectivity index (χ1) is 22.8. The van der Waals surface area contributed by atoms with Gasteiger partial charge in [-0.3, -0.25) is 19.1 Å². The molecule has 11 nitrogen and oxygen atoms in total. The number of fused-ring (bicyclic) bond motifs is 3. The van der Waals surface area contributed by atoms with Gasteiger partial charge in [-0.15, -0.1) is 0 Å². The Balaban J connectivity index is 1.29. The van der Waals surface area contributed by atoms with E-state index in [2.05, 4.69) is 28.9 Å². The van der Waals surface area contributed by atoms with Crippen LogP contribution in [0.3, 0.4) is 0 Å². The fourth-order valence-corrected chi connectivity index (χ4v) is 8.43. The van der Waals surface area contributed by atoms with Crippen LogP contribution in [-0.4, -0.2) is 72.1 Å². The van der Waals surface area contributed by atoms with Gasteiger partial charge in [-0.25, -0.2) is 17.8 Å². The number of carbonyl (C=O) groups excluding carboxylic acids is 3. The number of aromatic nitrogens is 1. The number of amides is 3. The Bertz CT molecular complexity index is 1750. The van der Waals surface area contributed by atoms with Gasteiger partial charge in [0.1, 0.15) is 17.7 Å². The number of carbonyl (C=O) groups is 3. The summed E-state index contributed by atoms with van der Waals surface area (Å²) in [5, 5.41) is 3.97. The Morgan fingerprint density at radius 1 is 1.23 bits per heavy atom. The highest BCUT2D eigenvalue weighted by atomic mass is 32.2. The third-order valence-electron chi connectivity index (χ3n) is 10.7. The van der Waals surface area contributed by atoms with Crippen LogP contribution < -0.4 is 19.5 Å². The molecule has 0 unspecified atom stereocenters. The number of ether oxygens (including phenoxy) is 2. The summed E-state index contributed by atoms with van der Waals surface area (Å²) >= 11 is 0. The number of hydrogen-bond acceptors (Lipinski definition) is 8. The second-order valence-electron chi connectivity index (χ2n) is 14.3. The summed E-state index contributed by atoms with van der Waals surface area (Å²) < 4.78 is 53.4. The van der Waals surface area contributed by atoms with Gasteiger partial charge in [-0.2, -0.15) is 0 Å². The van der Waals surface area contributed by atoms with Crippen molar-refractivity contribution in [1.29, 1.82) is 0 Å². The Morgan fingerprint density at radius 3 is 2.71 bits per heavy atom. The van der Waals surface area contributed by atoms with Gasteiger partial charge < -0.3 is 19.7 Å². The molecule has 3 amide bonds. The lowest BCUT2D eigenvalue weighted by molar-refractivity contribution is -0.140. The second-order valence-corrected chi connectivity index (χ2v) is 16.5. The van der Waals surface area contributed by atoms with Gasteiger partial charge in [-0.05, 0) is 80.9 Å². The molecule has 13 heteroatoms. The molecule has 6 rings (SSSR count). The monoisotopic (exact) mass is 684 g/mol. The summed E-state index contributed by atoms with van der Waals surface area (Å²) in [6, 6.07) is 3.58. The SMILES string of the molecule is CC[C@H]1CC(=O)N2C[C@H](Oc3nccc4cc(OC)c(F)cc34)C[C@H]2C(=O)N[C@]2(C(=O)NS(=O)(=O)C3(C)CC3)C[C@H]2/C=C\CC[C@@H](C)C1. The van der Waals surface area contributed by atoms with Crippen LogP contribution in [0.5, 0.6) is 11.6 Å². The maximum Gasteiger partial charge on any atom is 0.259 e. The van der Waals surface area contributed by atoms with E-state index in [0.717, 1.165) is 25.7 Å². The summed E-state index contributed by atoms with van der Waals surface area (Å²) in [5.74, 6) is -1.74. The molecule has 3 heterocycles. The van der Waals surface area contributed by atoms with Crippen molar-refractivity contribution in [2.75, 3.05) is 13.7 Å². The van der Waals surface area contributed by atoms with Crippen molar-refractivity contribution in [1.82, 2.24) is 19.9 Å². The maximum atomic E-state index is 14.7. The van der Waals surface area contributed by atoms with Crippen molar-refractivity contribution in [3.63, 3.8) is 0 Å². The quantitative estimate of drug-likeness (QED) is 0.409. The number of methoxy groups -OCH3 is 1. The lowest BCUT2D eigenvalue weighted by Gasteiger charge is -2.28. The summed E-state index contributed by atoms with van der Waals surface area (Å²) in [7, 11) is -2.56. The van der Waals surface area contributed by atoms with E-state index in [4.69, 9.17) is 9.47 Å². The maximum absolute atomic E-state index is 14.7. The van der Waals surface area contributed by atoms with Crippen LogP contribution in [-0.2, 0) is 24.4 Å². The van der Waals surface area contributed by atoms with Crippen LogP contribution in [0.2, 0.25) is 0 Å². The van der Waals surface area contributed by atoms with E-state index in [1.165, 1.54) is 24.3 Å². The summed E-state index contributed by atoms with van der Waals surface area (Å²) in [6.07, 6.45) is 9.67. The molecule has 2 saturated carbocycles. The lowest BCUT2D eigenvalue weighted by Crippen LogP contribution is -2.57. The fraction of sp³-hybridized carbons (Fsp3) is 0.600. The van der Waals surface area contributed by atoms with Crippen LogP contribution >= 0.6 is 0 Å². The van der Waals surface area contributed by atoms with Crippen LogP contribution in [0, 0.1) is 23.6 Å². The first kappa shape index (κ1) is 34.1. The van der Waals surface area contributed by atoms with Crippen molar-refractivity contribution < 1.29 is 36.7 Å². The molecule has 0 bridgehead atoms. The van der Waals surface area contributed by atoms with Gasteiger partial charge in [0, 0.05) is 30.3 Å². The molecule has 1 aromatic carbocycles. The molecular formula is C35H45FN4O7S. The van der Waals surface area contributed by atoms with Gasteiger partial charge in [0.05, 0.1) is 18.4 Å². The number of pyridine rings is 1. The standard InChI is InChI=1S/C35H45FN4O7S/c1-5-22-14-21(2)8-6-7-9-24-19-35(24,33(43)39-48(44,45)34(3)11-12-34)38-31(42)28-17-25(20-40(28)30(41)15-22)47-32-26-18-27(36)29(46-4)16-23(26)10-13-37-32/h7,9-10,13,16,18,21-22,24-25,28H,5-6,8,11-12,14-15,17,19-20H2,1-4H3,(H,38,42)(H,39,43)/b9-7-/t21-,22-,24-,25-,28+,35-/m1/s1. The zero-order valence-electron chi connectivity index (χ0n) is 28.0. The third kappa shape index (κ3) is 6.62. The molecule has 48 heavy (non-hydrogen) atoms. The zero-order valence-corrected chi connectivity index (χ0v) is 28.8. The van der Waals surface area contributed by atoms with Gasteiger partial charge in [0.25, 0.3) is 5.91 Å². The average Bonchev–Trinajstić information content (AvgIpc) is 3.92. The minimum atomic E-state index is -3.94. The van der Waals surface area contributed by atoms with Crippen molar-refractivity contribution in [2.24, 2.45) is 17.8 Å².